The Hall–Kier alpha value is -1.92. The molecule has 0 unspecified atom stereocenters. The van der Waals surface area contributed by atoms with Crippen molar-refractivity contribution in [3.8, 4) is 6.07 Å². The van der Waals surface area contributed by atoms with Crippen molar-refractivity contribution in [2.45, 2.75) is 6.42 Å². The Morgan fingerprint density at radius 1 is 1.19 bits per heavy atom. The maximum Gasteiger partial charge on any atom is 0.134 e. The second-order valence-electron chi connectivity index (χ2n) is 3.28. The number of rotatable bonds is 2. The van der Waals surface area contributed by atoms with Gasteiger partial charge in [0.15, 0.2) is 0 Å². The predicted molar refractivity (Wildman–Crippen MR) is 61.0 cm³/mol. The minimum Gasteiger partial charge on any atom is -0.241 e. The molecule has 0 fully saturated rings. The number of hydrogen-bond donors (Lipinski definition) is 0. The Labute approximate surface area is 98.4 Å². The Morgan fingerprint density at radius 2 is 1.94 bits per heavy atom. The summed E-state index contributed by atoms with van der Waals surface area (Å²) in [5, 5.41) is 9.11. The number of nitrogens with zero attached hydrogens (tertiary/aromatic N) is 3. The van der Waals surface area contributed by atoms with Gasteiger partial charge in [0.25, 0.3) is 0 Å². The van der Waals surface area contributed by atoms with Gasteiger partial charge in [-0.3, -0.25) is 0 Å². The van der Waals surface area contributed by atoms with Crippen LogP contribution in [0.3, 0.4) is 0 Å². The summed E-state index contributed by atoms with van der Waals surface area (Å²) in [4.78, 5) is 8.22. The van der Waals surface area contributed by atoms with Crippen molar-refractivity contribution < 1.29 is 0 Å². The van der Waals surface area contributed by atoms with E-state index in [1.54, 1.807) is 24.4 Å². The molecule has 2 aromatic rings. The van der Waals surface area contributed by atoms with Crippen molar-refractivity contribution in [3.05, 3.63) is 58.6 Å². The molecule has 0 bridgehead atoms. The third kappa shape index (κ3) is 2.56. The summed E-state index contributed by atoms with van der Waals surface area (Å²) >= 11 is 5.76. The molecule has 2 rings (SSSR count). The topological polar surface area (TPSA) is 49.6 Å². The number of hydrogen-bond acceptors (Lipinski definition) is 3. The first-order chi connectivity index (χ1) is 7.78. The molecule has 0 aliphatic heterocycles. The zero-order valence-electron chi connectivity index (χ0n) is 8.39. The van der Waals surface area contributed by atoms with E-state index in [1.807, 2.05) is 12.1 Å². The van der Waals surface area contributed by atoms with E-state index in [-0.39, 0.29) is 0 Å². The van der Waals surface area contributed by atoms with E-state index in [0.717, 1.165) is 5.56 Å². The average Bonchev–Trinajstić information content (AvgIpc) is 2.30. The molecule has 1 heterocycles. The quantitative estimate of drug-likeness (QED) is 0.744. The van der Waals surface area contributed by atoms with Crippen molar-refractivity contribution >= 4 is 11.6 Å². The molecular weight excluding hydrogens is 222 g/mol. The number of aromatic nitrogens is 2. The van der Waals surface area contributed by atoms with Crippen LogP contribution in [0.4, 0.5) is 0 Å². The summed E-state index contributed by atoms with van der Waals surface area (Å²) in [7, 11) is 0. The van der Waals surface area contributed by atoms with Crippen molar-refractivity contribution in [2.75, 3.05) is 0 Å². The molecule has 4 heteroatoms. The normalized spacial score (nSPS) is 9.75. The minimum absolute atomic E-state index is 0.443. The molecule has 0 radical (unpaired) electrons. The van der Waals surface area contributed by atoms with Gasteiger partial charge in [-0.15, -0.1) is 0 Å². The van der Waals surface area contributed by atoms with Crippen LogP contribution in [-0.2, 0) is 6.42 Å². The zero-order chi connectivity index (χ0) is 11.4. The molecule has 0 saturated carbocycles. The maximum absolute atomic E-state index is 8.66. The van der Waals surface area contributed by atoms with Crippen LogP contribution >= 0.6 is 11.6 Å². The Kier molecular flexibility index (Phi) is 3.13. The summed E-state index contributed by atoms with van der Waals surface area (Å²) in [6.07, 6.45) is 2.25. The molecule has 0 atom stereocenters. The van der Waals surface area contributed by atoms with Crippen LogP contribution in [-0.4, -0.2) is 9.97 Å². The summed E-state index contributed by atoms with van der Waals surface area (Å²) in [6, 6.07) is 11.1. The fourth-order valence-corrected chi connectivity index (χ4v) is 1.49. The smallest absolute Gasteiger partial charge is 0.134 e. The van der Waals surface area contributed by atoms with E-state index in [4.69, 9.17) is 16.9 Å². The van der Waals surface area contributed by atoms with Gasteiger partial charge in [0.2, 0.25) is 0 Å². The molecule has 0 saturated heterocycles. The highest BCUT2D eigenvalue weighted by atomic mass is 35.5. The lowest BCUT2D eigenvalue weighted by Crippen LogP contribution is -1.95. The standard InChI is InChI=1S/C12H8ClN3/c13-11-5-6-15-12(16-11)7-9-1-3-10(8-14)4-2-9/h1-6H,7H2. The van der Waals surface area contributed by atoms with Crippen LogP contribution in [0.1, 0.15) is 17.0 Å². The van der Waals surface area contributed by atoms with Crippen LogP contribution in [0, 0.1) is 11.3 Å². The first kappa shape index (κ1) is 10.6. The highest BCUT2D eigenvalue weighted by Gasteiger charge is 2.00. The highest BCUT2D eigenvalue weighted by molar-refractivity contribution is 6.29. The van der Waals surface area contributed by atoms with Crippen molar-refractivity contribution in [2.24, 2.45) is 0 Å². The molecule has 1 aromatic heterocycles. The third-order valence-electron chi connectivity index (χ3n) is 2.12. The maximum atomic E-state index is 8.66. The number of halogens is 1. The zero-order valence-corrected chi connectivity index (χ0v) is 9.15. The van der Waals surface area contributed by atoms with E-state index in [9.17, 15) is 0 Å². The molecule has 1 aromatic carbocycles. The van der Waals surface area contributed by atoms with Crippen LogP contribution in [0.2, 0.25) is 5.15 Å². The first-order valence-electron chi connectivity index (χ1n) is 4.74. The van der Waals surface area contributed by atoms with E-state index >= 15 is 0 Å². The molecular formula is C12H8ClN3. The van der Waals surface area contributed by atoms with Gasteiger partial charge >= 0.3 is 0 Å². The van der Waals surface area contributed by atoms with Gasteiger partial charge in [-0.2, -0.15) is 5.26 Å². The monoisotopic (exact) mass is 229 g/mol. The van der Waals surface area contributed by atoms with Crippen molar-refractivity contribution in [3.63, 3.8) is 0 Å². The van der Waals surface area contributed by atoms with Gasteiger partial charge in [-0.1, -0.05) is 23.7 Å². The predicted octanol–water partition coefficient (Wildman–Crippen LogP) is 2.59. The molecule has 78 valence electrons. The summed E-state index contributed by atoms with van der Waals surface area (Å²) in [5.74, 6) is 0.678. The summed E-state index contributed by atoms with van der Waals surface area (Å²) in [6.45, 7) is 0. The van der Waals surface area contributed by atoms with Gasteiger partial charge in [-0.05, 0) is 23.8 Å². The Bertz CT molecular complexity index is 529. The molecule has 0 amide bonds. The Balaban J connectivity index is 2.18. The molecule has 3 nitrogen and oxygen atoms in total. The van der Waals surface area contributed by atoms with Crippen molar-refractivity contribution in [1.82, 2.24) is 9.97 Å². The molecule has 16 heavy (non-hydrogen) atoms. The van der Waals surface area contributed by atoms with Gasteiger partial charge < -0.3 is 0 Å². The average molecular weight is 230 g/mol. The fraction of sp³-hybridized carbons (Fsp3) is 0.0833. The van der Waals surface area contributed by atoms with Crippen LogP contribution in [0.25, 0.3) is 0 Å². The van der Waals surface area contributed by atoms with Crippen LogP contribution in [0.15, 0.2) is 36.5 Å². The van der Waals surface area contributed by atoms with Gasteiger partial charge in [0.05, 0.1) is 11.6 Å². The van der Waals surface area contributed by atoms with Crippen molar-refractivity contribution in [1.29, 1.82) is 5.26 Å². The lowest BCUT2D eigenvalue weighted by atomic mass is 10.1. The second-order valence-corrected chi connectivity index (χ2v) is 3.67. The summed E-state index contributed by atoms with van der Waals surface area (Å²) < 4.78 is 0. The largest absolute Gasteiger partial charge is 0.241 e. The second kappa shape index (κ2) is 4.73. The highest BCUT2D eigenvalue weighted by Crippen LogP contribution is 2.09. The van der Waals surface area contributed by atoms with Gasteiger partial charge in [0, 0.05) is 12.6 Å². The number of benzene rings is 1. The molecule has 0 aliphatic rings. The van der Waals surface area contributed by atoms with Gasteiger partial charge in [0.1, 0.15) is 11.0 Å². The lowest BCUT2D eigenvalue weighted by molar-refractivity contribution is 0.968. The van der Waals surface area contributed by atoms with E-state index in [0.29, 0.717) is 23.0 Å². The molecule has 0 N–H and O–H groups in total. The van der Waals surface area contributed by atoms with Gasteiger partial charge in [-0.25, -0.2) is 9.97 Å². The first-order valence-corrected chi connectivity index (χ1v) is 5.12. The van der Waals surface area contributed by atoms with E-state index in [1.165, 1.54) is 0 Å². The summed E-state index contributed by atoms with van der Waals surface area (Å²) in [5.41, 5.74) is 1.71. The van der Waals surface area contributed by atoms with E-state index in [2.05, 4.69) is 16.0 Å². The third-order valence-corrected chi connectivity index (χ3v) is 2.33. The SMILES string of the molecule is N#Cc1ccc(Cc2nccc(Cl)n2)cc1. The number of nitriles is 1. The lowest BCUT2D eigenvalue weighted by Gasteiger charge is -2.00. The molecule has 0 spiro atoms. The Morgan fingerprint density at radius 3 is 2.56 bits per heavy atom. The van der Waals surface area contributed by atoms with Crippen LogP contribution < -0.4 is 0 Å². The fourth-order valence-electron chi connectivity index (χ4n) is 1.34. The van der Waals surface area contributed by atoms with Crippen LogP contribution in [0.5, 0.6) is 0 Å². The minimum atomic E-state index is 0.443. The van der Waals surface area contributed by atoms with E-state index < -0.39 is 0 Å². The molecule has 0 aliphatic carbocycles.